The van der Waals surface area contributed by atoms with Gasteiger partial charge in [0.15, 0.2) is 0 Å². The molecule has 128 valence electrons. The fourth-order valence-electron chi connectivity index (χ4n) is 2.88. The lowest BCUT2D eigenvalue weighted by Gasteiger charge is -2.34. The normalized spacial score (nSPS) is 17.1. The summed E-state index contributed by atoms with van der Waals surface area (Å²) < 4.78 is 28.1. The molecule has 6 heteroatoms. The highest BCUT2D eigenvalue weighted by Gasteiger charge is 2.28. The first-order valence-corrected chi connectivity index (χ1v) is 10.2. The van der Waals surface area contributed by atoms with Crippen molar-refractivity contribution in [3.63, 3.8) is 0 Å². The Morgan fingerprint density at radius 3 is 2.29 bits per heavy atom. The summed E-state index contributed by atoms with van der Waals surface area (Å²) in [6.45, 7) is 5.36. The molecule has 1 aliphatic rings. The molecule has 1 aliphatic heterocycles. The van der Waals surface area contributed by atoms with Crippen molar-refractivity contribution in [1.29, 1.82) is 0 Å². The van der Waals surface area contributed by atoms with Crippen LogP contribution in [0.25, 0.3) is 0 Å². The molecule has 0 aliphatic carbocycles. The minimum Gasteiger partial charge on any atom is -0.296 e. The van der Waals surface area contributed by atoms with E-state index in [2.05, 4.69) is 33.0 Å². The molecule has 2 aromatic rings. The van der Waals surface area contributed by atoms with Crippen LogP contribution in [-0.2, 0) is 16.6 Å². The number of sulfonamides is 1. The molecule has 4 nitrogen and oxygen atoms in total. The van der Waals surface area contributed by atoms with E-state index < -0.39 is 10.0 Å². The second kappa shape index (κ2) is 7.35. The maximum Gasteiger partial charge on any atom is 0.243 e. The monoisotopic (exact) mass is 408 g/mol. The first-order valence-electron chi connectivity index (χ1n) is 7.99. The van der Waals surface area contributed by atoms with E-state index in [0.29, 0.717) is 18.0 Å². The third-order valence-corrected chi connectivity index (χ3v) is 6.69. The molecule has 0 atom stereocenters. The molecule has 0 amide bonds. The largest absolute Gasteiger partial charge is 0.296 e. The molecule has 1 fully saturated rings. The summed E-state index contributed by atoms with van der Waals surface area (Å²) in [4.78, 5) is 2.68. The minimum atomic E-state index is -3.38. The molecule has 3 rings (SSSR count). The van der Waals surface area contributed by atoms with E-state index in [0.717, 1.165) is 29.7 Å². The fraction of sp³-hybridized carbons (Fsp3) is 0.333. The molecule has 0 N–H and O–H groups in total. The smallest absolute Gasteiger partial charge is 0.243 e. The van der Waals surface area contributed by atoms with Crippen molar-refractivity contribution < 1.29 is 8.42 Å². The fourth-order valence-corrected chi connectivity index (χ4v) is 4.75. The molecular weight excluding hydrogens is 388 g/mol. The predicted molar refractivity (Wildman–Crippen MR) is 99.4 cm³/mol. The van der Waals surface area contributed by atoms with Crippen LogP contribution in [0.5, 0.6) is 0 Å². The van der Waals surface area contributed by atoms with Crippen LogP contribution in [0.4, 0.5) is 0 Å². The Kier molecular flexibility index (Phi) is 5.39. The number of halogens is 1. The number of piperazine rings is 1. The molecule has 0 saturated carbocycles. The second-order valence-corrected chi connectivity index (χ2v) is 8.98. The molecule has 0 bridgehead atoms. The highest BCUT2D eigenvalue weighted by Crippen LogP contribution is 2.19. The van der Waals surface area contributed by atoms with E-state index in [1.54, 1.807) is 16.4 Å². The summed E-state index contributed by atoms with van der Waals surface area (Å²) in [5, 5.41) is 0. The Bertz CT molecular complexity index is 798. The van der Waals surface area contributed by atoms with Gasteiger partial charge in [-0.1, -0.05) is 45.8 Å². The van der Waals surface area contributed by atoms with E-state index in [4.69, 9.17) is 0 Å². The van der Waals surface area contributed by atoms with E-state index in [1.165, 1.54) is 5.56 Å². The third-order valence-electron chi connectivity index (χ3n) is 4.29. The molecule has 2 aromatic carbocycles. The molecule has 1 heterocycles. The van der Waals surface area contributed by atoms with Gasteiger partial charge >= 0.3 is 0 Å². The van der Waals surface area contributed by atoms with Gasteiger partial charge in [-0.05, 0) is 36.8 Å². The van der Waals surface area contributed by atoms with Crippen molar-refractivity contribution in [2.75, 3.05) is 26.2 Å². The van der Waals surface area contributed by atoms with E-state index in [-0.39, 0.29) is 0 Å². The topological polar surface area (TPSA) is 40.6 Å². The van der Waals surface area contributed by atoms with E-state index in [1.807, 2.05) is 31.2 Å². The van der Waals surface area contributed by atoms with Gasteiger partial charge in [-0.15, -0.1) is 0 Å². The average Bonchev–Trinajstić information content (AvgIpc) is 2.56. The van der Waals surface area contributed by atoms with Crippen molar-refractivity contribution in [3.8, 4) is 0 Å². The molecule has 0 unspecified atom stereocenters. The Morgan fingerprint density at radius 1 is 1.00 bits per heavy atom. The van der Waals surface area contributed by atoms with Crippen molar-refractivity contribution in [2.45, 2.75) is 18.4 Å². The summed E-state index contributed by atoms with van der Waals surface area (Å²) in [5.74, 6) is 0. The Hall–Kier alpha value is -1.21. The van der Waals surface area contributed by atoms with Gasteiger partial charge in [0.05, 0.1) is 4.90 Å². The van der Waals surface area contributed by atoms with Gasteiger partial charge in [-0.2, -0.15) is 4.31 Å². The summed E-state index contributed by atoms with van der Waals surface area (Å²) in [6.07, 6.45) is 0. The molecular formula is C18H21BrN2O2S. The SMILES string of the molecule is Cc1ccc(S(=O)(=O)N2CCN(Cc3cccc(Br)c3)CC2)cc1. The summed E-state index contributed by atoms with van der Waals surface area (Å²) >= 11 is 3.49. The highest BCUT2D eigenvalue weighted by molar-refractivity contribution is 9.10. The van der Waals surface area contributed by atoms with Crippen LogP contribution in [0, 0.1) is 6.92 Å². The molecule has 0 aromatic heterocycles. The van der Waals surface area contributed by atoms with Crippen LogP contribution in [0.2, 0.25) is 0 Å². The Balaban J connectivity index is 1.63. The first kappa shape index (κ1) is 17.6. The number of nitrogens with zero attached hydrogens (tertiary/aromatic N) is 2. The number of benzene rings is 2. The van der Waals surface area contributed by atoms with Crippen LogP contribution in [0.1, 0.15) is 11.1 Å². The van der Waals surface area contributed by atoms with Crippen LogP contribution in [0.15, 0.2) is 57.9 Å². The lowest BCUT2D eigenvalue weighted by molar-refractivity contribution is 0.181. The quantitative estimate of drug-likeness (QED) is 0.779. The second-order valence-electron chi connectivity index (χ2n) is 6.12. The number of hydrogen-bond acceptors (Lipinski definition) is 3. The lowest BCUT2D eigenvalue weighted by Crippen LogP contribution is -2.48. The maximum absolute atomic E-state index is 12.7. The zero-order valence-corrected chi connectivity index (χ0v) is 16.1. The molecule has 1 saturated heterocycles. The van der Waals surface area contributed by atoms with Crippen molar-refractivity contribution in [3.05, 3.63) is 64.1 Å². The van der Waals surface area contributed by atoms with Crippen molar-refractivity contribution in [2.24, 2.45) is 0 Å². The number of rotatable bonds is 4. The lowest BCUT2D eigenvalue weighted by atomic mass is 10.2. The maximum atomic E-state index is 12.7. The number of aryl methyl sites for hydroxylation is 1. The average molecular weight is 409 g/mol. The standard InChI is InChI=1S/C18H21BrN2O2S/c1-15-5-7-18(8-6-15)24(22,23)21-11-9-20(10-12-21)14-16-3-2-4-17(19)13-16/h2-8,13H,9-12,14H2,1H3. The van der Waals surface area contributed by atoms with E-state index >= 15 is 0 Å². The summed E-state index contributed by atoms with van der Waals surface area (Å²) in [5.41, 5.74) is 2.30. The van der Waals surface area contributed by atoms with Crippen LogP contribution in [-0.4, -0.2) is 43.8 Å². The third kappa shape index (κ3) is 4.06. The van der Waals surface area contributed by atoms with Gasteiger partial charge in [-0.3, -0.25) is 4.90 Å². The van der Waals surface area contributed by atoms with Crippen molar-refractivity contribution in [1.82, 2.24) is 9.21 Å². The predicted octanol–water partition coefficient (Wildman–Crippen LogP) is 3.26. The van der Waals surface area contributed by atoms with Gasteiger partial charge in [-0.25, -0.2) is 8.42 Å². The zero-order chi connectivity index (χ0) is 17.2. The van der Waals surface area contributed by atoms with Crippen LogP contribution >= 0.6 is 15.9 Å². The summed E-state index contributed by atoms with van der Waals surface area (Å²) in [7, 11) is -3.38. The van der Waals surface area contributed by atoms with Crippen LogP contribution in [0.3, 0.4) is 0 Å². The summed E-state index contributed by atoms with van der Waals surface area (Å²) in [6, 6.07) is 15.3. The van der Waals surface area contributed by atoms with Gasteiger partial charge < -0.3 is 0 Å². The van der Waals surface area contributed by atoms with Gasteiger partial charge in [0.1, 0.15) is 0 Å². The van der Waals surface area contributed by atoms with Gasteiger partial charge in [0.25, 0.3) is 0 Å². The van der Waals surface area contributed by atoms with Crippen LogP contribution < -0.4 is 0 Å². The highest BCUT2D eigenvalue weighted by atomic mass is 79.9. The van der Waals surface area contributed by atoms with Gasteiger partial charge in [0.2, 0.25) is 10.0 Å². The first-order chi connectivity index (χ1) is 11.4. The number of hydrogen-bond donors (Lipinski definition) is 0. The Morgan fingerprint density at radius 2 is 1.67 bits per heavy atom. The molecule has 24 heavy (non-hydrogen) atoms. The molecule has 0 spiro atoms. The zero-order valence-electron chi connectivity index (χ0n) is 13.7. The van der Waals surface area contributed by atoms with Crippen molar-refractivity contribution >= 4 is 26.0 Å². The molecule has 0 radical (unpaired) electrons. The minimum absolute atomic E-state index is 0.383. The Labute approximate surface area is 152 Å². The van der Waals surface area contributed by atoms with Gasteiger partial charge in [0, 0.05) is 37.2 Å². The van der Waals surface area contributed by atoms with E-state index in [9.17, 15) is 8.42 Å².